The molecular formula is C14H14N2O3. The van der Waals surface area contributed by atoms with Crippen LogP contribution in [0.25, 0.3) is 0 Å². The predicted octanol–water partition coefficient (Wildman–Crippen LogP) is 2.15. The van der Waals surface area contributed by atoms with E-state index in [4.69, 9.17) is 4.74 Å². The number of hydrogen-bond donors (Lipinski definition) is 0. The number of aryl methyl sites for hydroxylation is 1. The standard InChI is InChI=1S/C14H14N2O3/c1-10-5-3-7-15-12(10)9-19-13-11(14(17)18-2)6-4-8-16-13/h3-8H,9H2,1-2H3. The molecule has 2 rings (SSSR count). The van der Waals surface area contributed by atoms with Crippen LogP contribution in [0, 0.1) is 6.92 Å². The molecule has 0 aliphatic rings. The van der Waals surface area contributed by atoms with E-state index in [9.17, 15) is 4.79 Å². The van der Waals surface area contributed by atoms with Crippen molar-refractivity contribution >= 4 is 5.97 Å². The van der Waals surface area contributed by atoms with Gasteiger partial charge in [0, 0.05) is 12.4 Å². The number of carbonyl (C=O) groups excluding carboxylic acids is 1. The third kappa shape index (κ3) is 3.07. The Hall–Kier alpha value is -2.43. The van der Waals surface area contributed by atoms with Gasteiger partial charge in [-0.25, -0.2) is 9.78 Å². The molecule has 0 fully saturated rings. The molecule has 5 nitrogen and oxygen atoms in total. The zero-order chi connectivity index (χ0) is 13.7. The lowest BCUT2D eigenvalue weighted by Gasteiger charge is -2.09. The lowest BCUT2D eigenvalue weighted by atomic mass is 10.2. The highest BCUT2D eigenvalue weighted by molar-refractivity contribution is 5.91. The second kappa shape index (κ2) is 5.95. The van der Waals surface area contributed by atoms with Gasteiger partial charge in [-0.05, 0) is 30.7 Å². The van der Waals surface area contributed by atoms with Crippen molar-refractivity contribution < 1.29 is 14.3 Å². The smallest absolute Gasteiger partial charge is 0.343 e. The van der Waals surface area contributed by atoms with Crippen LogP contribution in [0.4, 0.5) is 0 Å². The third-order valence-electron chi connectivity index (χ3n) is 2.64. The van der Waals surface area contributed by atoms with Gasteiger partial charge >= 0.3 is 5.97 Å². The van der Waals surface area contributed by atoms with E-state index in [1.165, 1.54) is 7.11 Å². The number of aromatic nitrogens is 2. The van der Waals surface area contributed by atoms with E-state index in [0.717, 1.165) is 11.3 Å². The first-order valence-corrected chi connectivity index (χ1v) is 5.79. The highest BCUT2D eigenvalue weighted by atomic mass is 16.5. The monoisotopic (exact) mass is 258 g/mol. The van der Waals surface area contributed by atoms with Crippen molar-refractivity contribution in [2.24, 2.45) is 0 Å². The molecule has 5 heteroatoms. The molecule has 0 radical (unpaired) electrons. The Morgan fingerprint density at radius 1 is 1.21 bits per heavy atom. The zero-order valence-electron chi connectivity index (χ0n) is 10.8. The highest BCUT2D eigenvalue weighted by Gasteiger charge is 2.14. The molecule has 0 atom stereocenters. The fourth-order valence-corrected chi connectivity index (χ4v) is 1.58. The maximum absolute atomic E-state index is 11.6. The Balaban J connectivity index is 2.16. The summed E-state index contributed by atoms with van der Waals surface area (Å²) in [7, 11) is 1.32. The summed E-state index contributed by atoms with van der Waals surface area (Å²) in [5.41, 5.74) is 2.14. The minimum atomic E-state index is -0.471. The molecular weight excluding hydrogens is 244 g/mol. The van der Waals surface area contributed by atoms with Crippen LogP contribution >= 0.6 is 0 Å². The molecule has 98 valence electrons. The summed E-state index contributed by atoms with van der Waals surface area (Å²) in [6.07, 6.45) is 3.26. The Morgan fingerprint density at radius 2 is 1.95 bits per heavy atom. The van der Waals surface area contributed by atoms with E-state index >= 15 is 0 Å². The summed E-state index contributed by atoms with van der Waals surface area (Å²) < 4.78 is 10.2. The van der Waals surface area contributed by atoms with Crippen molar-refractivity contribution in [1.29, 1.82) is 0 Å². The molecule has 2 aromatic heterocycles. The van der Waals surface area contributed by atoms with Crippen LogP contribution in [-0.4, -0.2) is 23.0 Å². The average Bonchev–Trinajstić information content (AvgIpc) is 2.46. The Labute approximate surface area is 111 Å². The van der Waals surface area contributed by atoms with E-state index in [-0.39, 0.29) is 12.5 Å². The first-order valence-electron chi connectivity index (χ1n) is 5.79. The van der Waals surface area contributed by atoms with Crippen LogP contribution in [0.15, 0.2) is 36.7 Å². The van der Waals surface area contributed by atoms with Crippen LogP contribution in [-0.2, 0) is 11.3 Å². The molecule has 2 aromatic rings. The number of methoxy groups -OCH3 is 1. The summed E-state index contributed by atoms with van der Waals surface area (Å²) in [5, 5.41) is 0. The molecule has 0 amide bonds. The minimum absolute atomic E-state index is 0.249. The molecule has 2 heterocycles. The number of carbonyl (C=O) groups is 1. The van der Waals surface area contributed by atoms with Crippen LogP contribution in [0.2, 0.25) is 0 Å². The van der Waals surface area contributed by atoms with Crippen molar-refractivity contribution in [3.63, 3.8) is 0 Å². The van der Waals surface area contributed by atoms with Gasteiger partial charge in [0.1, 0.15) is 12.2 Å². The van der Waals surface area contributed by atoms with Crippen LogP contribution in [0.3, 0.4) is 0 Å². The maximum Gasteiger partial charge on any atom is 0.343 e. The first-order chi connectivity index (χ1) is 9.22. The largest absolute Gasteiger partial charge is 0.471 e. The minimum Gasteiger partial charge on any atom is -0.471 e. The lowest BCUT2D eigenvalue weighted by Crippen LogP contribution is -2.08. The van der Waals surface area contributed by atoms with Crippen molar-refractivity contribution in [3.05, 3.63) is 53.5 Å². The Kier molecular flexibility index (Phi) is 4.07. The van der Waals surface area contributed by atoms with Gasteiger partial charge in [-0.3, -0.25) is 4.98 Å². The predicted molar refractivity (Wildman–Crippen MR) is 68.9 cm³/mol. The molecule has 0 bridgehead atoms. The molecule has 19 heavy (non-hydrogen) atoms. The van der Waals surface area contributed by atoms with Crippen molar-refractivity contribution in [2.75, 3.05) is 7.11 Å². The number of pyridine rings is 2. The van der Waals surface area contributed by atoms with E-state index < -0.39 is 5.97 Å². The maximum atomic E-state index is 11.6. The van der Waals surface area contributed by atoms with Gasteiger partial charge < -0.3 is 9.47 Å². The molecule has 0 N–H and O–H groups in total. The number of ether oxygens (including phenoxy) is 2. The molecule has 0 saturated heterocycles. The quantitative estimate of drug-likeness (QED) is 0.786. The van der Waals surface area contributed by atoms with Gasteiger partial charge in [0.25, 0.3) is 0 Å². The third-order valence-corrected chi connectivity index (χ3v) is 2.64. The van der Waals surface area contributed by atoms with E-state index in [0.29, 0.717) is 5.56 Å². The first kappa shape index (κ1) is 13.0. The van der Waals surface area contributed by atoms with Gasteiger partial charge in [-0.15, -0.1) is 0 Å². The Bertz CT molecular complexity index is 584. The fraction of sp³-hybridized carbons (Fsp3) is 0.214. The molecule has 0 saturated carbocycles. The molecule has 0 aromatic carbocycles. The summed E-state index contributed by atoms with van der Waals surface area (Å²) in [5.74, 6) is -0.222. The van der Waals surface area contributed by atoms with Crippen molar-refractivity contribution in [2.45, 2.75) is 13.5 Å². The van der Waals surface area contributed by atoms with Gasteiger partial charge in [0.2, 0.25) is 5.88 Å². The number of hydrogen-bond acceptors (Lipinski definition) is 5. The van der Waals surface area contributed by atoms with Crippen LogP contribution in [0.5, 0.6) is 5.88 Å². The van der Waals surface area contributed by atoms with E-state index in [1.54, 1.807) is 24.5 Å². The molecule has 0 spiro atoms. The summed E-state index contributed by atoms with van der Waals surface area (Å²) in [6, 6.07) is 7.08. The SMILES string of the molecule is COC(=O)c1cccnc1OCc1ncccc1C. The Morgan fingerprint density at radius 3 is 2.68 bits per heavy atom. The average molecular weight is 258 g/mol. The van der Waals surface area contributed by atoms with E-state index in [1.807, 2.05) is 19.1 Å². The summed E-state index contributed by atoms with van der Waals surface area (Å²) in [6.45, 7) is 2.21. The number of nitrogens with zero attached hydrogens (tertiary/aromatic N) is 2. The highest BCUT2D eigenvalue weighted by Crippen LogP contribution is 2.17. The lowest BCUT2D eigenvalue weighted by molar-refractivity contribution is 0.0594. The van der Waals surface area contributed by atoms with Gasteiger partial charge in [0.15, 0.2) is 0 Å². The van der Waals surface area contributed by atoms with E-state index in [2.05, 4.69) is 14.7 Å². The summed E-state index contributed by atoms with van der Waals surface area (Å²) in [4.78, 5) is 19.8. The molecule has 0 aliphatic heterocycles. The second-order valence-electron chi connectivity index (χ2n) is 3.90. The number of esters is 1. The zero-order valence-corrected chi connectivity index (χ0v) is 10.8. The van der Waals surface area contributed by atoms with Crippen LogP contribution < -0.4 is 4.74 Å². The molecule has 0 unspecified atom stereocenters. The van der Waals surface area contributed by atoms with Gasteiger partial charge in [-0.2, -0.15) is 0 Å². The van der Waals surface area contributed by atoms with Crippen LogP contribution in [0.1, 0.15) is 21.6 Å². The summed E-state index contributed by atoms with van der Waals surface area (Å²) >= 11 is 0. The van der Waals surface area contributed by atoms with Crippen molar-refractivity contribution in [1.82, 2.24) is 9.97 Å². The normalized spacial score (nSPS) is 10.0. The van der Waals surface area contributed by atoms with Crippen molar-refractivity contribution in [3.8, 4) is 5.88 Å². The molecule has 0 aliphatic carbocycles. The number of rotatable bonds is 4. The van der Waals surface area contributed by atoms with Gasteiger partial charge in [0.05, 0.1) is 12.8 Å². The topological polar surface area (TPSA) is 61.3 Å². The fourth-order valence-electron chi connectivity index (χ4n) is 1.58. The van der Waals surface area contributed by atoms with Gasteiger partial charge in [-0.1, -0.05) is 6.07 Å². The second-order valence-corrected chi connectivity index (χ2v) is 3.90.